The third kappa shape index (κ3) is 6.76. The van der Waals surface area contributed by atoms with E-state index < -0.39 is 17.3 Å². The van der Waals surface area contributed by atoms with Crippen molar-refractivity contribution in [2.45, 2.75) is 59.3 Å². The van der Waals surface area contributed by atoms with Gasteiger partial charge in [-0.1, -0.05) is 30.4 Å². The molecule has 152 valence electrons. The van der Waals surface area contributed by atoms with Gasteiger partial charge in [0.15, 0.2) is 0 Å². The van der Waals surface area contributed by atoms with Crippen LogP contribution in [0.15, 0.2) is 36.5 Å². The van der Waals surface area contributed by atoms with E-state index in [4.69, 9.17) is 9.47 Å². The molecule has 0 saturated heterocycles. The first-order valence-electron chi connectivity index (χ1n) is 9.38. The van der Waals surface area contributed by atoms with Crippen LogP contribution >= 0.6 is 0 Å². The highest BCUT2D eigenvalue weighted by atomic mass is 16.6. The minimum atomic E-state index is -0.525. The van der Waals surface area contributed by atoms with Crippen LogP contribution < -0.4 is 5.32 Å². The number of carbonyl (C=O) groups is 2. The van der Waals surface area contributed by atoms with Crippen molar-refractivity contribution >= 4 is 29.0 Å². The van der Waals surface area contributed by atoms with Crippen LogP contribution in [0, 0.1) is 0 Å². The number of aromatic nitrogens is 1. The average Bonchev–Trinajstić information content (AvgIpc) is 2.86. The molecule has 6 nitrogen and oxygen atoms in total. The van der Waals surface area contributed by atoms with Crippen LogP contribution in [0.5, 0.6) is 0 Å². The van der Waals surface area contributed by atoms with Gasteiger partial charge in [-0.25, -0.2) is 4.79 Å². The quantitative estimate of drug-likeness (QED) is 0.767. The van der Waals surface area contributed by atoms with Gasteiger partial charge in [-0.2, -0.15) is 0 Å². The highest BCUT2D eigenvalue weighted by Crippen LogP contribution is 2.23. The second-order valence-electron chi connectivity index (χ2n) is 8.60. The summed E-state index contributed by atoms with van der Waals surface area (Å²) < 4.78 is 12.5. The predicted octanol–water partition coefficient (Wildman–Crippen LogP) is 4.52. The van der Waals surface area contributed by atoms with Crippen LogP contribution in [0.1, 0.15) is 47.1 Å². The fraction of sp³-hybridized carbons (Fsp3) is 0.455. The number of rotatable bonds is 5. The van der Waals surface area contributed by atoms with Crippen LogP contribution in [-0.4, -0.2) is 34.4 Å². The molecule has 0 fully saturated rings. The summed E-state index contributed by atoms with van der Waals surface area (Å²) in [5.74, 6) is -0.282. The first-order valence-corrected chi connectivity index (χ1v) is 9.38. The Balaban J connectivity index is 2.09. The van der Waals surface area contributed by atoms with Gasteiger partial charge in [-0.3, -0.25) is 4.79 Å². The van der Waals surface area contributed by atoms with Gasteiger partial charge in [0.1, 0.15) is 17.7 Å². The number of hydrogen-bond acceptors (Lipinski definition) is 4. The minimum absolute atomic E-state index is 0.141. The molecule has 0 bridgehead atoms. The van der Waals surface area contributed by atoms with Gasteiger partial charge >= 0.3 is 12.1 Å². The lowest BCUT2D eigenvalue weighted by molar-refractivity contribution is -0.155. The highest BCUT2D eigenvalue weighted by Gasteiger charge is 2.18. The molecule has 0 aliphatic carbocycles. The molecule has 0 aliphatic rings. The smallest absolute Gasteiger partial charge is 0.407 e. The van der Waals surface area contributed by atoms with Crippen molar-refractivity contribution in [2.75, 3.05) is 6.54 Å². The normalized spacial score (nSPS) is 12.4. The van der Waals surface area contributed by atoms with Crippen LogP contribution in [0.25, 0.3) is 17.0 Å². The maximum absolute atomic E-state index is 12.2. The Morgan fingerprint density at radius 2 is 1.68 bits per heavy atom. The average molecular weight is 386 g/mol. The third-order valence-corrected chi connectivity index (χ3v) is 3.60. The van der Waals surface area contributed by atoms with Crippen molar-refractivity contribution in [3.63, 3.8) is 0 Å². The summed E-state index contributed by atoms with van der Waals surface area (Å²) in [6.45, 7) is 11.5. The molecule has 2 rings (SSSR count). The maximum Gasteiger partial charge on any atom is 0.407 e. The van der Waals surface area contributed by atoms with E-state index in [0.717, 1.165) is 16.5 Å². The van der Waals surface area contributed by atoms with E-state index in [2.05, 4.69) is 5.32 Å². The molecule has 1 aromatic carbocycles. The fourth-order valence-corrected chi connectivity index (χ4v) is 2.69. The number of benzene rings is 1. The molecule has 0 aliphatic heterocycles. The summed E-state index contributed by atoms with van der Waals surface area (Å²) in [4.78, 5) is 23.9. The zero-order chi connectivity index (χ0) is 20.9. The fourth-order valence-electron chi connectivity index (χ4n) is 2.69. The van der Waals surface area contributed by atoms with Crippen molar-refractivity contribution in [1.29, 1.82) is 0 Å². The Kier molecular flexibility index (Phi) is 6.54. The zero-order valence-electron chi connectivity index (χ0n) is 17.5. The van der Waals surface area contributed by atoms with Crippen LogP contribution in [0.4, 0.5) is 4.79 Å². The molecule has 0 spiro atoms. The molecule has 1 amide bonds. The molecule has 1 aromatic heterocycles. The topological polar surface area (TPSA) is 69.6 Å². The van der Waals surface area contributed by atoms with Crippen molar-refractivity contribution in [3.8, 4) is 0 Å². The number of amides is 1. The van der Waals surface area contributed by atoms with E-state index in [1.54, 1.807) is 0 Å². The first kappa shape index (κ1) is 21.5. The molecule has 1 N–H and O–H groups in total. The van der Waals surface area contributed by atoms with Gasteiger partial charge in [0.25, 0.3) is 0 Å². The second-order valence-corrected chi connectivity index (χ2v) is 8.60. The SMILES string of the molecule is CC(C)(C)OC(=O)Cn1cc(C=CCNC(=O)OC(C)(C)C)c2ccccc21. The molecular weight excluding hydrogens is 356 g/mol. The van der Waals surface area contributed by atoms with E-state index in [9.17, 15) is 9.59 Å². The lowest BCUT2D eigenvalue weighted by atomic mass is 10.1. The van der Waals surface area contributed by atoms with Crippen molar-refractivity contribution < 1.29 is 19.1 Å². The summed E-state index contributed by atoms with van der Waals surface area (Å²) in [5.41, 5.74) is 0.872. The Hall–Kier alpha value is -2.76. The number of nitrogens with one attached hydrogen (secondary N) is 1. The van der Waals surface area contributed by atoms with Crippen LogP contribution in [-0.2, 0) is 20.8 Å². The lowest BCUT2D eigenvalue weighted by Crippen LogP contribution is -2.32. The molecule has 2 aromatic rings. The largest absolute Gasteiger partial charge is 0.459 e. The highest BCUT2D eigenvalue weighted by molar-refractivity contribution is 5.90. The van der Waals surface area contributed by atoms with Gasteiger partial charge < -0.3 is 19.4 Å². The van der Waals surface area contributed by atoms with Crippen LogP contribution in [0.2, 0.25) is 0 Å². The molecular formula is C22H30N2O4. The van der Waals surface area contributed by atoms with E-state index in [1.807, 2.05) is 88.7 Å². The number of nitrogens with zero attached hydrogens (tertiary/aromatic N) is 1. The number of alkyl carbamates (subject to hydrolysis) is 1. The summed E-state index contributed by atoms with van der Waals surface area (Å²) >= 11 is 0. The molecule has 0 atom stereocenters. The van der Waals surface area contributed by atoms with Crippen molar-refractivity contribution in [1.82, 2.24) is 9.88 Å². The summed E-state index contributed by atoms with van der Waals surface area (Å²) in [6.07, 6.45) is 5.23. The summed E-state index contributed by atoms with van der Waals surface area (Å²) in [5, 5.41) is 3.72. The Morgan fingerprint density at radius 1 is 1.04 bits per heavy atom. The standard InChI is InChI=1S/C22H30N2O4/c1-21(2,3)27-19(25)15-24-14-16(17-11-7-8-12-18(17)24)10-9-13-23-20(26)28-22(4,5)6/h7-12,14H,13,15H2,1-6H3,(H,23,26). The second kappa shape index (κ2) is 8.50. The molecule has 6 heteroatoms. The number of hydrogen-bond donors (Lipinski definition) is 1. The Bertz CT molecular complexity index is 867. The molecule has 28 heavy (non-hydrogen) atoms. The Labute approximate surface area is 166 Å². The number of carbonyl (C=O) groups excluding carboxylic acids is 2. The van der Waals surface area contributed by atoms with Crippen LogP contribution in [0.3, 0.4) is 0 Å². The first-order chi connectivity index (χ1) is 12.9. The predicted molar refractivity (Wildman–Crippen MR) is 111 cm³/mol. The number of ether oxygens (including phenoxy) is 2. The van der Waals surface area contributed by atoms with E-state index in [0.29, 0.717) is 6.54 Å². The van der Waals surface area contributed by atoms with Crippen molar-refractivity contribution in [3.05, 3.63) is 42.1 Å². The van der Waals surface area contributed by atoms with E-state index >= 15 is 0 Å². The lowest BCUT2D eigenvalue weighted by Gasteiger charge is -2.19. The van der Waals surface area contributed by atoms with Gasteiger partial charge in [-0.15, -0.1) is 0 Å². The minimum Gasteiger partial charge on any atom is -0.459 e. The van der Waals surface area contributed by atoms with E-state index in [-0.39, 0.29) is 12.5 Å². The number of fused-ring (bicyclic) bond motifs is 1. The zero-order valence-corrected chi connectivity index (χ0v) is 17.5. The molecule has 0 unspecified atom stereocenters. The van der Waals surface area contributed by atoms with Gasteiger partial charge in [0.05, 0.1) is 0 Å². The number of para-hydroxylation sites is 1. The van der Waals surface area contributed by atoms with Gasteiger partial charge in [-0.05, 0) is 53.2 Å². The van der Waals surface area contributed by atoms with Gasteiger partial charge in [0, 0.05) is 23.6 Å². The Morgan fingerprint density at radius 3 is 2.32 bits per heavy atom. The molecule has 1 heterocycles. The van der Waals surface area contributed by atoms with Gasteiger partial charge in [0.2, 0.25) is 0 Å². The molecule has 0 radical (unpaired) electrons. The summed E-state index contributed by atoms with van der Waals surface area (Å²) in [6, 6.07) is 7.86. The van der Waals surface area contributed by atoms with E-state index in [1.165, 1.54) is 0 Å². The van der Waals surface area contributed by atoms with Crippen molar-refractivity contribution in [2.24, 2.45) is 0 Å². The third-order valence-electron chi connectivity index (χ3n) is 3.60. The monoisotopic (exact) mass is 386 g/mol. The maximum atomic E-state index is 12.2. The number of esters is 1. The summed E-state index contributed by atoms with van der Waals surface area (Å²) in [7, 11) is 0. The molecule has 0 saturated carbocycles.